The van der Waals surface area contributed by atoms with Gasteiger partial charge >= 0.3 is 0 Å². The second-order valence-electron chi connectivity index (χ2n) is 12.1. The van der Waals surface area contributed by atoms with Gasteiger partial charge in [-0.15, -0.1) is 0 Å². The lowest BCUT2D eigenvalue weighted by molar-refractivity contribution is -0.122. The first-order chi connectivity index (χ1) is 22.4. The van der Waals surface area contributed by atoms with Gasteiger partial charge in [-0.3, -0.25) is 4.79 Å². The molecule has 248 valence electrons. The molecule has 3 aromatic rings. The van der Waals surface area contributed by atoms with Crippen molar-refractivity contribution in [1.29, 1.82) is 5.26 Å². The number of carbonyl (C=O) groups is 1. The zero-order valence-electron chi connectivity index (χ0n) is 25.9. The first-order valence-corrected chi connectivity index (χ1v) is 17.2. The Bertz CT molecular complexity index is 1780. The smallest absolute Gasteiger partial charge is 0.243 e. The van der Waals surface area contributed by atoms with Crippen LogP contribution in [0.3, 0.4) is 0 Å². The van der Waals surface area contributed by atoms with Gasteiger partial charge < -0.3 is 22.1 Å². The van der Waals surface area contributed by atoms with Gasteiger partial charge in [-0.05, 0) is 82.1 Å². The van der Waals surface area contributed by atoms with Crippen LogP contribution in [0.25, 0.3) is 0 Å². The molecule has 1 saturated carbocycles. The SMILES string of the molecule is Cc1ccc(S(=O)(=O)N2CCC[C@@H](Nc3ncc(NC(N)=Nc4c(F)cc(C#N)cc4Cl)c(CC4CCC(C(N)=O)CC4)n3)C2)cc1. The zero-order chi connectivity index (χ0) is 33.7. The average molecular weight is 682 g/mol. The molecule has 2 fully saturated rings. The molecule has 0 radical (unpaired) electrons. The Hall–Kier alpha value is -4.32. The highest BCUT2D eigenvalue weighted by Crippen LogP contribution is 2.33. The van der Waals surface area contributed by atoms with Crippen molar-refractivity contribution in [2.45, 2.75) is 62.8 Å². The van der Waals surface area contributed by atoms with E-state index in [1.165, 1.54) is 10.4 Å². The summed E-state index contributed by atoms with van der Waals surface area (Å²) in [5, 5.41) is 15.3. The van der Waals surface area contributed by atoms with Crippen molar-refractivity contribution < 1.29 is 17.6 Å². The number of benzene rings is 2. The molecule has 1 amide bonds. The third-order valence-corrected chi connectivity index (χ3v) is 10.8. The number of sulfonamides is 1. The molecule has 1 aromatic heterocycles. The van der Waals surface area contributed by atoms with Gasteiger partial charge in [-0.1, -0.05) is 29.3 Å². The number of nitrogens with one attached hydrogen (secondary N) is 2. The standard InChI is InChI=1S/C32H37ClFN9O3S/c1-19-4-10-24(11-5-19)47(45,46)43-12-2-3-23(18-43)39-32-38-17-28(27(41-32)15-20-6-8-22(9-7-20)30(36)44)40-31(37)42-29-25(33)13-21(16-35)14-26(29)34/h4-5,10-11,13-14,17,20,22-23H,2-3,6-9,12,15,18H2,1H3,(H2,36,44)(H3,37,40,42)(H,38,39,41)/t20?,22?,23-/m1/s1. The van der Waals surface area contributed by atoms with E-state index in [4.69, 9.17) is 33.3 Å². The van der Waals surface area contributed by atoms with Gasteiger partial charge in [-0.25, -0.2) is 27.8 Å². The van der Waals surface area contributed by atoms with E-state index in [1.807, 2.05) is 13.0 Å². The van der Waals surface area contributed by atoms with E-state index in [-0.39, 0.29) is 57.5 Å². The first-order valence-electron chi connectivity index (χ1n) is 15.4. The van der Waals surface area contributed by atoms with Gasteiger partial charge in [0, 0.05) is 25.0 Å². The summed E-state index contributed by atoms with van der Waals surface area (Å²) >= 11 is 6.16. The van der Waals surface area contributed by atoms with Crippen molar-refractivity contribution in [3.05, 3.63) is 70.3 Å². The molecule has 5 rings (SSSR count). The maximum absolute atomic E-state index is 14.6. The number of aryl methyl sites for hydroxylation is 1. The summed E-state index contributed by atoms with van der Waals surface area (Å²) < 4.78 is 42.8. The fourth-order valence-corrected chi connectivity index (χ4v) is 7.79. The van der Waals surface area contributed by atoms with E-state index in [0.717, 1.165) is 30.9 Å². The summed E-state index contributed by atoms with van der Waals surface area (Å²) in [7, 11) is -3.67. The predicted molar refractivity (Wildman–Crippen MR) is 178 cm³/mol. The number of aromatic nitrogens is 2. The first kappa shape index (κ1) is 34.0. The number of nitrogens with two attached hydrogens (primary N) is 2. The zero-order valence-corrected chi connectivity index (χ0v) is 27.5. The van der Waals surface area contributed by atoms with Crippen molar-refractivity contribution in [2.75, 3.05) is 23.7 Å². The fourth-order valence-electron chi connectivity index (χ4n) is 6.01. The molecule has 2 aromatic carbocycles. The number of piperidine rings is 1. The van der Waals surface area contributed by atoms with Crippen LogP contribution in [0.5, 0.6) is 0 Å². The van der Waals surface area contributed by atoms with Crippen molar-refractivity contribution in [3.63, 3.8) is 0 Å². The fraction of sp³-hybridized carbons (Fsp3) is 0.406. The number of rotatable bonds is 9. The van der Waals surface area contributed by atoms with Crippen LogP contribution in [0.2, 0.25) is 5.02 Å². The van der Waals surface area contributed by atoms with E-state index >= 15 is 0 Å². The number of nitriles is 1. The highest BCUT2D eigenvalue weighted by atomic mass is 35.5. The Labute approximate surface area is 278 Å². The number of nitrogens with zero attached hydrogens (tertiary/aromatic N) is 5. The molecule has 1 atom stereocenters. The topological polar surface area (TPSA) is 192 Å². The third kappa shape index (κ3) is 8.34. The number of primary amides is 1. The maximum atomic E-state index is 14.6. The minimum absolute atomic E-state index is 0.0525. The minimum Gasteiger partial charge on any atom is -0.369 e. The highest BCUT2D eigenvalue weighted by molar-refractivity contribution is 7.89. The molecule has 0 unspecified atom stereocenters. The highest BCUT2D eigenvalue weighted by Gasteiger charge is 2.31. The van der Waals surface area contributed by atoms with Crippen LogP contribution in [0.4, 0.5) is 21.7 Å². The number of aliphatic imine (C=N–C) groups is 1. The molecule has 2 heterocycles. The summed E-state index contributed by atoms with van der Waals surface area (Å²) in [6.07, 6.45) is 6.41. The van der Waals surface area contributed by atoms with E-state index in [1.54, 1.807) is 30.5 Å². The van der Waals surface area contributed by atoms with Gasteiger partial charge in [0.25, 0.3) is 0 Å². The number of hydrogen-bond donors (Lipinski definition) is 4. The van der Waals surface area contributed by atoms with Gasteiger partial charge in [0.15, 0.2) is 11.8 Å². The molecule has 47 heavy (non-hydrogen) atoms. The molecule has 1 aliphatic heterocycles. The number of guanidine groups is 1. The molecule has 1 aliphatic carbocycles. The van der Waals surface area contributed by atoms with Gasteiger partial charge in [0.2, 0.25) is 21.9 Å². The molecule has 0 bridgehead atoms. The summed E-state index contributed by atoms with van der Waals surface area (Å²) in [5.74, 6) is -0.862. The Morgan fingerprint density at radius 2 is 1.89 bits per heavy atom. The lowest BCUT2D eigenvalue weighted by Gasteiger charge is -2.32. The Morgan fingerprint density at radius 1 is 1.17 bits per heavy atom. The number of halogens is 2. The largest absolute Gasteiger partial charge is 0.369 e. The lowest BCUT2D eigenvalue weighted by atomic mass is 9.79. The van der Waals surface area contributed by atoms with E-state index in [9.17, 15) is 17.6 Å². The van der Waals surface area contributed by atoms with Crippen LogP contribution in [0, 0.1) is 35.9 Å². The van der Waals surface area contributed by atoms with E-state index < -0.39 is 15.8 Å². The summed E-state index contributed by atoms with van der Waals surface area (Å²) in [5.41, 5.74) is 13.6. The van der Waals surface area contributed by atoms with Crippen molar-refractivity contribution in [1.82, 2.24) is 14.3 Å². The normalized spacial score (nSPS) is 20.7. The average Bonchev–Trinajstić information content (AvgIpc) is 3.04. The Balaban J connectivity index is 1.36. The number of carbonyl (C=O) groups excluding carboxylic acids is 1. The minimum atomic E-state index is -3.67. The monoisotopic (exact) mass is 681 g/mol. The molecular formula is C32H37ClFN9O3S. The van der Waals surface area contributed by atoms with Crippen LogP contribution in [-0.4, -0.2) is 53.7 Å². The number of anilines is 2. The van der Waals surface area contributed by atoms with Gasteiger partial charge in [0.1, 0.15) is 5.69 Å². The molecule has 12 nitrogen and oxygen atoms in total. The lowest BCUT2D eigenvalue weighted by Crippen LogP contribution is -2.45. The van der Waals surface area contributed by atoms with Crippen molar-refractivity contribution in [3.8, 4) is 6.07 Å². The maximum Gasteiger partial charge on any atom is 0.243 e. The van der Waals surface area contributed by atoms with E-state index in [2.05, 4.69) is 20.6 Å². The summed E-state index contributed by atoms with van der Waals surface area (Å²) in [6, 6.07) is 10.7. The summed E-state index contributed by atoms with van der Waals surface area (Å²) in [4.78, 5) is 25.3. The van der Waals surface area contributed by atoms with Crippen molar-refractivity contribution in [2.24, 2.45) is 28.3 Å². The Morgan fingerprint density at radius 3 is 2.55 bits per heavy atom. The van der Waals surface area contributed by atoms with Crippen LogP contribution in [0.1, 0.15) is 55.3 Å². The molecule has 2 aliphatic rings. The van der Waals surface area contributed by atoms with Crippen LogP contribution in [0.15, 0.2) is 52.5 Å². The second-order valence-corrected chi connectivity index (χ2v) is 14.4. The molecule has 0 spiro atoms. The molecule has 15 heteroatoms. The van der Waals surface area contributed by atoms with Gasteiger partial charge in [-0.2, -0.15) is 9.57 Å². The quantitative estimate of drug-likeness (QED) is 0.184. The van der Waals surface area contributed by atoms with Crippen LogP contribution >= 0.6 is 11.6 Å². The van der Waals surface area contributed by atoms with Gasteiger partial charge in [0.05, 0.1) is 39.1 Å². The Kier molecular flexibility index (Phi) is 10.6. The van der Waals surface area contributed by atoms with Crippen LogP contribution in [-0.2, 0) is 21.2 Å². The third-order valence-electron chi connectivity index (χ3n) is 8.62. The van der Waals surface area contributed by atoms with Crippen molar-refractivity contribution >= 4 is 50.8 Å². The number of hydrogen-bond acceptors (Lipinski definition) is 8. The molecule has 6 N–H and O–H groups in total. The molecular weight excluding hydrogens is 645 g/mol. The van der Waals surface area contributed by atoms with E-state index in [0.29, 0.717) is 49.6 Å². The number of amides is 1. The summed E-state index contributed by atoms with van der Waals surface area (Å²) in [6.45, 7) is 2.58. The molecule has 1 saturated heterocycles. The predicted octanol–water partition coefficient (Wildman–Crippen LogP) is 4.61. The second kappa shape index (κ2) is 14.6. The van der Waals surface area contributed by atoms with Crippen LogP contribution < -0.4 is 22.1 Å².